The van der Waals surface area contributed by atoms with Crippen molar-refractivity contribution in [1.29, 1.82) is 5.41 Å². The van der Waals surface area contributed by atoms with Crippen molar-refractivity contribution in [2.45, 2.75) is 45.2 Å². The second kappa shape index (κ2) is 14.0. The van der Waals surface area contributed by atoms with E-state index >= 15 is 0 Å². The molecule has 0 aliphatic carbocycles. The Hall–Kier alpha value is -2.84. The van der Waals surface area contributed by atoms with E-state index in [1.165, 1.54) is 36.9 Å². The number of nitrogens with one attached hydrogen (secondary N) is 2. The Morgan fingerprint density at radius 1 is 0.944 bits per heavy atom. The van der Waals surface area contributed by atoms with Gasteiger partial charge in [0.15, 0.2) is 0 Å². The molecule has 196 valence electrons. The van der Waals surface area contributed by atoms with Crippen LogP contribution in [0.2, 0.25) is 0 Å². The fraction of sp³-hybridized carbons (Fsp3) is 0.321. The Bertz CT molecular complexity index is 1110. The summed E-state index contributed by atoms with van der Waals surface area (Å²) in [5.41, 5.74) is 8.45. The van der Waals surface area contributed by atoms with Crippen LogP contribution in [0.15, 0.2) is 65.6 Å². The Balaban J connectivity index is 0.000000388. The van der Waals surface area contributed by atoms with Crippen LogP contribution < -0.4 is 11.1 Å². The number of nitrogens with two attached hydrogens (primary N) is 1. The number of halogens is 4. The standard InChI is InChI=1S/C18H18F3N.C7H6FNS.C2H6.CH5N/c1-17(2)10-14-9-13(5-8-16(14)22-11-17)12-3-6-15(7-4-12)18(19,20)21;8-7-3-6(10)2-1-5(7)4-9;2*1-2/h3-9,22H,10-11H2,1-2H3;1-4,9-10H;1-2H3;2H2,1H3. The summed E-state index contributed by atoms with van der Waals surface area (Å²) in [6.45, 7) is 9.33. The molecule has 0 bridgehead atoms. The lowest BCUT2D eigenvalue weighted by atomic mass is 9.81. The number of hydrogen-bond donors (Lipinski definition) is 4. The molecule has 0 radical (unpaired) electrons. The average Bonchev–Trinajstić information content (AvgIpc) is 2.85. The molecule has 36 heavy (non-hydrogen) atoms. The summed E-state index contributed by atoms with van der Waals surface area (Å²) in [5, 5.41) is 10.2. The zero-order valence-corrected chi connectivity index (χ0v) is 22.2. The lowest BCUT2D eigenvalue weighted by molar-refractivity contribution is -0.137. The molecule has 1 aliphatic heterocycles. The minimum absolute atomic E-state index is 0.186. The van der Waals surface area contributed by atoms with E-state index in [1.807, 2.05) is 26.0 Å². The van der Waals surface area contributed by atoms with Crippen LogP contribution in [-0.2, 0) is 12.6 Å². The van der Waals surface area contributed by atoms with E-state index in [9.17, 15) is 17.6 Å². The molecule has 3 nitrogen and oxygen atoms in total. The number of thiol groups is 1. The molecule has 0 spiro atoms. The molecule has 0 fully saturated rings. The van der Waals surface area contributed by atoms with E-state index in [4.69, 9.17) is 5.41 Å². The normalized spacial score (nSPS) is 13.2. The summed E-state index contributed by atoms with van der Waals surface area (Å²) in [4.78, 5) is 0.572. The molecule has 0 unspecified atom stereocenters. The topological polar surface area (TPSA) is 61.9 Å². The summed E-state index contributed by atoms with van der Waals surface area (Å²) in [7, 11) is 1.50. The van der Waals surface area contributed by atoms with Gasteiger partial charge in [-0.2, -0.15) is 13.2 Å². The van der Waals surface area contributed by atoms with Crippen LogP contribution in [0.1, 0.15) is 44.4 Å². The SMILES string of the molecule is CC.CC1(C)CNc2ccc(-c3ccc(C(F)(F)F)cc3)cc2C1.CN.N=Cc1ccc(S)cc1F. The van der Waals surface area contributed by atoms with Crippen LogP contribution in [0.3, 0.4) is 0 Å². The summed E-state index contributed by atoms with van der Waals surface area (Å²) in [6, 6.07) is 15.8. The number of anilines is 1. The van der Waals surface area contributed by atoms with Gasteiger partial charge in [0.2, 0.25) is 0 Å². The monoisotopic (exact) mass is 521 g/mol. The number of rotatable bonds is 2. The van der Waals surface area contributed by atoms with Crippen LogP contribution in [-0.4, -0.2) is 19.8 Å². The predicted molar refractivity (Wildman–Crippen MR) is 146 cm³/mol. The van der Waals surface area contributed by atoms with E-state index < -0.39 is 17.6 Å². The van der Waals surface area contributed by atoms with Crippen molar-refractivity contribution < 1.29 is 17.6 Å². The Kier molecular flexibility index (Phi) is 12.2. The van der Waals surface area contributed by atoms with Gasteiger partial charge in [-0.05, 0) is 78.0 Å². The van der Waals surface area contributed by atoms with Gasteiger partial charge in [-0.25, -0.2) is 4.39 Å². The highest BCUT2D eigenvalue weighted by Gasteiger charge is 2.30. The third-order valence-electron chi connectivity index (χ3n) is 5.22. The van der Waals surface area contributed by atoms with E-state index in [2.05, 4.69) is 43.6 Å². The molecule has 0 aromatic heterocycles. The van der Waals surface area contributed by atoms with Crippen molar-refractivity contribution in [3.63, 3.8) is 0 Å². The maximum Gasteiger partial charge on any atom is 0.416 e. The van der Waals surface area contributed by atoms with Gasteiger partial charge in [-0.3, -0.25) is 0 Å². The number of hydrogen-bond acceptors (Lipinski definition) is 4. The number of alkyl halides is 3. The van der Waals surface area contributed by atoms with Crippen LogP contribution in [0, 0.1) is 16.6 Å². The molecule has 3 aromatic rings. The highest BCUT2D eigenvalue weighted by atomic mass is 32.1. The van der Waals surface area contributed by atoms with Crippen molar-refractivity contribution in [3.05, 3.63) is 83.2 Å². The lowest BCUT2D eigenvalue weighted by Gasteiger charge is -2.32. The first-order chi connectivity index (χ1) is 17.0. The van der Waals surface area contributed by atoms with Gasteiger partial charge in [-0.1, -0.05) is 45.9 Å². The van der Waals surface area contributed by atoms with Crippen molar-refractivity contribution >= 4 is 24.5 Å². The molecular weight excluding hydrogens is 486 g/mol. The van der Waals surface area contributed by atoms with Gasteiger partial charge in [0, 0.05) is 28.9 Å². The second-order valence-electron chi connectivity index (χ2n) is 8.49. The van der Waals surface area contributed by atoms with Gasteiger partial charge in [0.1, 0.15) is 5.82 Å². The molecule has 1 heterocycles. The maximum absolute atomic E-state index is 12.7. The van der Waals surface area contributed by atoms with E-state index in [-0.39, 0.29) is 11.0 Å². The summed E-state index contributed by atoms with van der Waals surface area (Å²) >= 11 is 3.93. The van der Waals surface area contributed by atoms with E-state index in [0.717, 1.165) is 48.1 Å². The van der Waals surface area contributed by atoms with Crippen LogP contribution in [0.5, 0.6) is 0 Å². The third kappa shape index (κ3) is 8.99. The Labute approximate surface area is 217 Å². The first kappa shape index (κ1) is 31.2. The molecular formula is C28H35F4N3S. The highest BCUT2D eigenvalue weighted by molar-refractivity contribution is 7.80. The maximum atomic E-state index is 12.7. The summed E-state index contributed by atoms with van der Waals surface area (Å²) < 4.78 is 50.5. The first-order valence-corrected chi connectivity index (χ1v) is 12.0. The van der Waals surface area contributed by atoms with Crippen molar-refractivity contribution in [3.8, 4) is 11.1 Å². The molecule has 0 atom stereocenters. The lowest BCUT2D eigenvalue weighted by Crippen LogP contribution is -2.30. The molecule has 4 N–H and O–H groups in total. The van der Waals surface area contributed by atoms with Crippen molar-refractivity contribution in [1.82, 2.24) is 0 Å². The van der Waals surface area contributed by atoms with Crippen LogP contribution in [0.4, 0.5) is 23.2 Å². The smallest absolute Gasteiger partial charge is 0.384 e. The minimum atomic E-state index is -4.29. The highest BCUT2D eigenvalue weighted by Crippen LogP contribution is 2.36. The Morgan fingerprint density at radius 2 is 1.53 bits per heavy atom. The van der Waals surface area contributed by atoms with Crippen molar-refractivity contribution in [2.75, 3.05) is 18.9 Å². The minimum Gasteiger partial charge on any atom is -0.384 e. The second-order valence-corrected chi connectivity index (χ2v) is 9.01. The van der Waals surface area contributed by atoms with Gasteiger partial charge in [-0.15, -0.1) is 12.6 Å². The fourth-order valence-corrected chi connectivity index (χ4v) is 3.68. The number of benzene rings is 3. The molecule has 0 saturated heterocycles. The molecule has 0 saturated carbocycles. The largest absolute Gasteiger partial charge is 0.416 e. The van der Waals surface area contributed by atoms with Gasteiger partial charge in [0.05, 0.1) is 5.56 Å². The molecule has 8 heteroatoms. The first-order valence-electron chi connectivity index (χ1n) is 11.6. The summed E-state index contributed by atoms with van der Waals surface area (Å²) in [5.74, 6) is -0.400. The molecule has 3 aromatic carbocycles. The van der Waals surface area contributed by atoms with Gasteiger partial charge < -0.3 is 16.5 Å². The number of fused-ring (bicyclic) bond motifs is 1. The molecule has 4 rings (SSSR count). The molecule has 1 aliphatic rings. The third-order valence-corrected chi connectivity index (χ3v) is 5.49. The zero-order chi connectivity index (χ0) is 27.5. The van der Waals surface area contributed by atoms with Crippen LogP contribution in [0.25, 0.3) is 11.1 Å². The quantitative estimate of drug-likeness (QED) is 0.156. The zero-order valence-electron chi connectivity index (χ0n) is 21.3. The molecule has 0 amide bonds. The summed E-state index contributed by atoms with van der Waals surface area (Å²) in [6.07, 6.45) is -2.35. The Morgan fingerprint density at radius 3 is 2.06 bits per heavy atom. The van der Waals surface area contributed by atoms with Gasteiger partial charge in [0.25, 0.3) is 0 Å². The van der Waals surface area contributed by atoms with E-state index in [1.54, 1.807) is 6.07 Å². The predicted octanol–water partition coefficient (Wildman–Crippen LogP) is 8.08. The average molecular weight is 522 g/mol. The van der Waals surface area contributed by atoms with Gasteiger partial charge >= 0.3 is 6.18 Å². The van der Waals surface area contributed by atoms with Crippen LogP contribution >= 0.6 is 12.6 Å². The van der Waals surface area contributed by atoms with E-state index in [0.29, 0.717) is 4.90 Å². The van der Waals surface area contributed by atoms with Crippen molar-refractivity contribution in [2.24, 2.45) is 11.1 Å². The fourth-order valence-electron chi connectivity index (χ4n) is 3.49.